The second-order valence-electron chi connectivity index (χ2n) is 4.59. The predicted octanol–water partition coefficient (Wildman–Crippen LogP) is 3.33. The molecule has 0 amide bonds. The zero-order valence-corrected chi connectivity index (χ0v) is 12.3. The zero-order valence-electron chi connectivity index (χ0n) is 12.3. The quantitative estimate of drug-likeness (QED) is 0.880. The fraction of sp³-hybridized carbons (Fsp3) is 0.312. The summed E-state index contributed by atoms with van der Waals surface area (Å²) >= 11 is 0. The van der Waals surface area contributed by atoms with E-state index < -0.39 is 0 Å². The first kappa shape index (κ1) is 14.8. The summed E-state index contributed by atoms with van der Waals surface area (Å²) in [4.78, 5) is 8.78. The monoisotopic (exact) mass is 282 g/mol. The van der Waals surface area contributed by atoms with Crippen LogP contribution in [0.3, 0.4) is 0 Å². The minimum Gasteiger partial charge on any atom is -0.439 e. The third kappa shape index (κ3) is 4.18. The van der Waals surface area contributed by atoms with Gasteiger partial charge in [0.2, 0.25) is 5.88 Å². The molecule has 0 aliphatic heterocycles. The molecule has 1 aromatic heterocycles. The van der Waals surface area contributed by atoms with Crippen LogP contribution in [0, 0.1) is 11.3 Å². The molecule has 5 nitrogen and oxygen atoms in total. The molecule has 1 N–H and O–H groups in total. The van der Waals surface area contributed by atoms with E-state index in [9.17, 15) is 0 Å². The van der Waals surface area contributed by atoms with E-state index in [0.29, 0.717) is 18.1 Å². The molecule has 0 aliphatic carbocycles. The molecule has 0 spiro atoms. The Hall–Kier alpha value is -2.61. The van der Waals surface area contributed by atoms with Gasteiger partial charge in [-0.25, -0.2) is 4.98 Å². The van der Waals surface area contributed by atoms with Crippen molar-refractivity contribution in [3.05, 3.63) is 41.7 Å². The smallest absolute Gasteiger partial charge is 0.224 e. The van der Waals surface area contributed by atoms with Gasteiger partial charge in [0.25, 0.3) is 0 Å². The van der Waals surface area contributed by atoms with E-state index in [1.807, 2.05) is 31.3 Å². The lowest BCUT2D eigenvalue weighted by Crippen LogP contribution is -2.01. The highest BCUT2D eigenvalue weighted by Crippen LogP contribution is 2.22. The molecule has 2 aromatic rings. The Morgan fingerprint density at radius 1 is 1.24 bits per heavy atom. The predicted molar refractivity (Wildman–Crippen MR) is 81.4 cm³/mol. The topological polar surface area (TPSA) is 70.8 Å². The SMILES string of the molecule is CCCc1nc(NC)cc(Oc2ccc(CC#N)cc2)n1. The van der Waals surface area contributed by atoms with Crippen molar-refractivity contribution in [2.75, 3.05) is 12.4 Å². The Morgan fingerprint density at radius 2 is 2.00 bits per heavy atom. The molecular formula is C16H18N4O. The summed E-state index contributed by atoms with van der Waals surface area (Å²) in [5.41, 5.74) is 0.968. The zero-order chi connectivity index (χ0) is 15.1. The van der Waals surface area contributed by atoms with E-state index in [-0.39, 0.29) is 0 Å². The van der Waals surface area contributed by atoms with Gasteiger partial charge in [0.05, 0.1) is 12.5 Å². The van der Waals surface area contributed by atoms with Gasteiger partial charge >= 0.3 is 0 Å². The van der Waals surface area contributed by atoms with Crippen LogP contribution in [0.25, 0.3) is 0 Å². The fourth-order valence-corrected chi connectivity index (χ4v) is 1.88. The molecule has 0 atom stereocenters. The van der Waals surface area contributed by atoms with Gasteiger partial charge in [-0.1, -0.05) is 19.1 Å². The van der Waals surface area contributed by atoms with E-state index >= 15 is 0 Å². The summed E-state index contributed by atoms with van der Waals surface area (Å²) < 4.78 is 5.77. The number of hydrogen-bond donors (Lipinski definition) is 1. The molecule has 0 bridgehead atoms. The van der Waals surface area contributed by atoms with Crippen LogP contribution in [-0.2, 0) is 12.8 Å². The summed E-state index contributed by atoms with van der Waals surface area (Å²) in [6, 6.07) is 11.3. The van der Waals surface area contributed by atoms with Crippen LogP contribution >= 0.6 is 0 Å². The lowest BCUT2D eigenvalue weighted by molar-refractivity contribution is 0.458. The minimum atomic E-state index is 0.401. The molecule has 1 heterocycles. The number of nitrogens with zero attached hydrogens (tertiary/aromatic N) is 3. The first-order valence-corrected chi connectivity index (χ1v) is 6.94. The van der Waals surface area contributed by atoms with Crippen LogP contribution in [-0.4, -0.2) is 17.0 Å². The van der Waals surface area contributed by atoms with Gasteiger partial charge in [-0.3, -0.25) is 0 Å². The maximum atomic E-state index is 8.66. The van der Waals surface area contributed by atoms with E-state index in [4.69, 9.17) is 10.00 Å². The van der Waals surface area contributed by atoms with Crippen LogP contribution < -0.4 is 10.1 Å². The van der Waals surface area contributed by atoms with Gasteiger partial charge in [-0.2, -0.15) is 10.2 Å². The second-order valence-corrected chi connectivity index (χ2v) is 4.59. The molecular weight excluding hydrogens is 264 g/mol. The Labute approximate surface area is 124 Å². The van der Waals surface area contributed by atoms with Gasteiger partial charge in [0.1, 0.15) is 17.4 Å². The number of nitrogens with one attached hydrogen (secondary N) is 1. The fourth-order valence-electron chi connectivity index (χ4n) is 1.88. The second kappa shape index (κ2) is 7.25. The van der Waals surface area contributed by atoms with E-state index in [1.54, 1.807) is 6.07 Å². The summed E-state index contributed by atoms with van der Waals surface area (Å²) in [7, 11) is 1.82. The van der Waals surface area contributed by atoms with E-state index in [0.717, 1.165) is 30.0 Å². The number of aromatic nitrogens is 2. The Kier molecular flexibility index (Phi) is 5.10. The molecule has 0 unspecified atom stereocenters. The average molecular weight is 282 g/mol. The van der Waals surface area contributed by atoms with Crippen molar-refractivity contribution in [3.63, 3.8) is 0 Å². The highest BCUT2D eigenvalue weighted by molar-refractivity contribution is 5.40. The summed E-state index contributed by atoms with van der Waals surface area (Å²) in [6.45, 7) is 2.09. The molecule has 0 radical (unpaired) electrons. The average Bonchev–Trinajstić information content (AvgIpc) is 2.49. The molecule has 108 valence electrons. The largest absolute Gasteiger partial charge is 0.439 e. The Balaban J connectivity index is 2.18. The van der Waals surface area contributed by atoms with Crippen molar-refractivity contribution >= 4 is 5.82 Å². The van der Waals surface area contributed by atoms with Gasteiger partial charge in [0, 0.05) is 19.5 Å². The van der Waals surface area contributed by atoms with Crippen molar-refractivity contribution in [3.8, 4) is 17.7 Å². The number of rotatable bonds is 6. The molecule has 21 heavy (non-hydrogen) atoms. The van der Waals surface area contributed by atoms with Crippen molar-refractivity contribution in [1.29, 1.82) is 5.26 Å². The summed E-state index contributed by atoms with van der Waals surface area (Å²) in [5.74, 6) is 2.72. The number of hydrogen-bond acceptors (Lipinski definition) is 5. The number of nitriles is 1. The third-order valence-corrected chi connectivity index (χ3v) is 2.91. The number of ether oxygens (including phenoxy) is 1. The minimum absolute atomic E-state index is 0.401. The number of aryl methyl sites for hydroxylation is 1. The summed E-state index contributed by atoms with van der Waals surface area (Å²) in [5, 5.41) is 11.7. The van der Waals surface area contributed by atoms with Crippen LogP contribution in [0.1, 0.15) is 24.7 Å². The Bertz CT molecular complexity index is 632. The van der Waals surface area contributed by atoms with Gasteiger partial charge in [-0.05, 0) is 24.1 Å². The molecule has 0 aliphatic rings. The van der Waals surface area contributed by atoms with Crippen molar-refractivity contribution in [2.45, 2.75) is 26.2 Å². The maximum absolute atomic E-state index is 8.66. The van der Waals surface area contributed by atoms with Crippen molar-refractivity contribution < 1.29 is 4.74 Å². The molecule has 2 rings (SSSR count). The maximum Gasteiger partial charge on any atom is 0.224 e. The first-order chi connectivity index (χ1) is 10.2. The van der Waals surface area contributed by atoms with Crippen molar-refractivity contribution in [2.24, 2.45) is 0 Å². The molecule has 0 fully saturated rings. The third-order valence-electron chi connectivity index (χ3n) is 2.91. The highest BCUT2D eigenvalue weighted by Gasteiger charge is 2.06. The number of anilines is 1. The lowest BCUT2D eigenvalue weighted by atomic mass is 10.2. The van der Waals surface area contributed by atoms with E-state index in [1.165, 1.54) is 0 Å². The molecule has 5 heteroatoms. The van der Waals surface area contributed by atoms with Crippen LogP contribution in [0.2, 0.25) is 0 Å². The summed E-state index contributed by atoms with van der Waals surface area (Å²) in [6.07, 6.45) is 2.20. The van der Waals surface area contributed by atoms with Crippen LogP contribution in [0.4, 0.5) is 5.82 Å². The molecule has 0 saturated heterocycles. The van der Waals surface area contributed by atoms with Gasteiger partial charge in [0.15, 0.2) is 0 Å². The van der Waals surface area contributed by atoms with Crippen molar-refractivity contribution in [1.82, 2.24) is 9.97 Å². The first-order valence-electron chi connectivity index (χ1n) is 6.94. The number of benzene rings is 1. The standard InChI is InChI=1S/C16H18N4O/c1-3-4-14-19-15(18-2)11-16(20-14)21-13-7-5-12(6-8-13)9-10-17/h5-8,11H,3-4,9H2,1-2H3,(H,18,19,20). The normalized spacial score (nSPS) is 9.95. The van der Waals surface area contributed by atoms with E-state index in [2.05, 4.69) is 28.3 Å². The van der Waals surface area contributed by atoms with Crippen LogP contribution in [0.5, 0.6) is 11.6 Å². The molecule has 0 saturated carbocycles. The van der Waals surface area contributed by atoms with Crippen LogP contribution in [0.15, 0.2) is 30.3 Å². The lowest BCUT2D eigenvalue weighted by Gasteiger charge is -2.09. The highest BCUT2D eigenvalue weighted by atomic mass is 16.5. The molecule has 1 aromatic carbocycles. The van der Waals surface area contributed by atoms with Gasteiger partial charge < -0.3 is 10.1 Å². The van der Waals surface area contributed by atoms with Gasteiger partial charge in [-0.15, -0.1) is 0 Å². The Morgan fingerprint density at radius 3 is 2.62 bits per heavy atom.